The molecule has 1 saturated heterocycles. The molecule has 4 rings (SSSR count). The summed E-state index contributed by atoms with van der Waals surface area (Å²) in [5.74, 6) is -0.574. The Hall–Kier alpha value is -2.05. The van der Waals surface area contributed by atoms with Gasteiger partial charge >= 0.3 is 6.18 Å². The molecule has 166 valence electrons. The maximum Gasteiger partial charge on any atom is 0.417 e. The minimum absolute atomic E-state index is 0.146. The minimum atomic E-state index is -4.62. The fourth-order valence-electron chi connectivity index (χ4n) is 5.25. The number of hydrogen-bond donors (Lipinski definition) is 1. The summed E-state index contributed by atoms with van der Waals surface area (Å²) < 4.78 is 39.9. The number of benzene rings is 2. The second-order valence-electron chi connectivity index (χ2n) is 8.49. The van der Waals surface area contributed by atoms with Crippen molar-refractivity contribution in [3.63, 3.8) is 0 Å². The Kier molecular flexibility index (Phi) is 6.31. The van der Waals surface area contributed by atoms with Crippen LogP contribution < -0.4 is 5.32 Å². The highest BCUT2D eigenvalue weighted by atomic mass is 35.5. The minimum Gasteiger partial charge on any atom is -0.343 e. The summed E-state index contributed by atoms with van der Waals surface area (Å²) in [6.45, 7) is 1.95. The normalized spacial score (nSPS) is 20.0. The molecule has 0 bridgehead atoms. The van der Waals surface area contributed by atoms with Gasteiger partial charge in [0.25, 0.3) is 5.91 Å². The predicted octanol–water partition coefficient (Wildman–Crippen LogP) is 6.24. The van der Waals surface area contributed by atoms with Crippen molar-refractivity contribution in [2.24, 2.45) is 0 Å². The van der Waals surface area contributed by atoms with E-state index in [2.05, 4.69) is 10.2 Å². The molecule has 1 heterocycles. The van der Waals surface area contributed by atoms with Gasteiger partial charge in [-0.2, -0.15) is 13.2 Å². The molecule has 0 radical (unpaired) electrons. The Labute approximate surface area is 185 Å². The number of halogens is 4. The van der Waals surface area contributed by atoms with E-state index in [4.69, 9.17) is 11.6 Å². The summed E-state index contributed by atoms with van der Waals surface area (Å²) in [6.07, 6.45) is 1.66. The van der Waals surface area contributed by atoms with Crippen LogP contribution in [0.5, 0.6) is 0 Å². The Morgan fingerprint density at radius 2 is 1.61 bits per heavy atom. The van der Waals surface area contributed by atoms with Crippen LogP contribution >= 0.6 is 11.6 Å². The largest absolute Gasteiger partial charge is 0.417 e. The van der Waals surface area contributed by atoms with Crippen molar-refractivity contribution in [3.8, 4) is 0 Å². The molecule has 1 amide bonds. The van der Waals surface area contributed by atoms with Gasteiger partial charge in [-0.05, 0) is 56.5 Å². The number of rotatable bonds is 5. The lowest BCUT2D eigenvalue weighted by Crippen LogP contribution is -2.55. The molecule has 0 aromatic heterocycles. The van der Waals surface area contributed by atoms with Crippen molar-refractivity contribution in [2.45, 2.75) is 56.3 Å². The van der Waals surface area contributed by atoms with E-state index < -0.39 is 22.7 Å². The molecule has 7 heteroatoms. The molecule has 1 aliphatic heterocycles. The molecular weight excluding hydrogens is 425 g/mol. The lowest BCUT2D eigenvalue weighted by atomic mass is 9.81. The second kappa shape index (κ2) is 8.83. The first-order valence-corrected chi connectivity index (χ1v) is 11.2. The van der Waals surface area contributed by atoms with E-state index in [0.717, 1.165) is 63.2 Å². The zero-order valence-corrected chi connectivity index (χ0v) is 18.0. The Morgan fingerprint density at radius 1 is 0.968 bits per heavy atom. The number of likely N-dealkylation sites (tertiary alicyclic amines) is 1. The fourth-order valence-corrected chi connectivity index (χ4v) is 5.56. The van der Waals surface area contributed by atoms with Crippen molar-refractivity contribution >= 4 is 17.5 Å². The van der Waals surface area contributed by atoms with Crippen molar-refractivity contribution < 1.29 is 18.0 Å². The Balaban J connectivity index is 1.72. The average Bonchev–Trinajstić information content (AvgIpc) is 3.44. The standard InChI is InChI=1S/C24H26ClF3N2O/c25-20-18(11-8-12-19(20)24(26,27)28)22(31)29-21(17-9-2-1-3-10-17)23(13-4-5-14-23)30-15-6-7-16-30/h1-3,8-12,21H,4-7,13-16H2,(H,29,31). The highest BCUT2D eigenvalue weighted by Gasteiger charge is 2.48. The number of carbonyl (C=O) groups excluding carboxylic acids is 1. The molecule has 3 nitrogen and oxygen atoms in total. The molecule has 2 fully saturated rings. The van der Waals surface area contributed by atoms with Crippen molar-refractivity contribution in [3.05, 3.63) is 70.2 Å². The molecule has 0 spiro atoms. The molecule has 1 saturated carbocycles. The molecule has 2 aromatic carbocycles. The van der Waals surface area contributed by atoms with Crippen LogP contribution in [0.3, 0.4) is 0 Å². The lowest BCUT2D eigenvalue weighted by Gasteiger charge is -2.45. The van der Waals surface area contributed by atoms with E-state index in [0.29, 0.717) is 0 Å². The smallest absolute Gasteiger partial charge is 0.343 e. The van der Waals surface area contributed by atoms with E-state index >= 15 is 0 Å². The zero-order chi connectivity index (χ0) is 22.1. The lowest BCUT2D eigenvalue weighted by molar-refractivity contribution is -0.137. The third-order valence-corrected chi connectivity index (χ3v) is 7.11. The summed E-state index contributed by atoms with van der Waals surface area (Å²) in [5, 5.41) is 2.54. The van der Waals surface area contributed by atoms with Gasteiger partial charge in [0.15, 0.2) is 0 Å². The molecule has 31 heavy (non-hydrogen) atoms. The number of hydrogen-bond acceptors (Lipinski definition) is 2. The zero-order valence-electron chi connectivity index (χ0n) is 17.2. The van der Waals surface area contributed by atoms with Crippen molar-refractivity contribution in [1.29, 1.82) is 0 Å². The van der Waals surface area contributed by atoms with E-state index in [1.165, 1.54) is 12.1 Å². The van der Waals surface area contributed by atoms with Gasteiger partial charge in [0, 0.05) is 5.54 Å². The molecule has 1 N–H and O–H groups in total. The van der Waals surface area contributed by atoms with Crippen LogP contribution in [0.1, 0.15) is 66.1 Å². The van der Waals surface area contributed by atoms with Gasteiger partial charge in [0.1, 0.15) is 0 Å². The average molecular weight is 451 g/mol. The number of amides is 1. The first-order chi connectivity index (χ1) is 14.8. The fraction of sp³-hybridized carbons (Fsp3) is 0.458. The number of nitrogens with one attached hydrogen (secondary N) is 1. The van der Waals surface area contributed by atoms with E-state index in [-0.39, 0.29) is 17.1 Å². The number of carbonyl (C=O) groups is 1. The van der Waals surface area contributed by atoms with Gasteiger partial charge in [-0.1, -0.05) is 60.8 Å². The van der Waals surface area contributed by atoms with Crippen LogP contribution in [0, 0.1) is 0 Å². The Morgan fingerprint density at radius 3 is 2.23 bits per heavy atom. The van der Waals surface area contributed by atoms with Crippen LogP contribution in [-0.2, 0) is 6.18 Å². The van der Waals surface area contributed by atoms with Crippen LogP contribution in [0.25, 0.3) is 0 Å². The highest BCUT2D eigenvalue weighted by Crippen LogP contribution is 2.46. The molecular formula is C24H26ClF3N2O. The van der Waals surface area contributed by atoms with Crippen LogP contribution in [-0.4, -0.2) is 29.4 Å². The molecule has 1 unspecified atom stereocenters. The first kappa shape index (κ1) is 22.2. The van der Waals surface area contributed by atoms with Crippen LogP contribution in [0.15, 0.2) is 48.5 Å². The highest BCUT2D eigenvalue weighted by molar-refractivity contribution is 6.34. The predicted molar refractivity (Wildman–Crippen MR) is 115 cm³/mol. The summed E-state index contributed by atoms with van der Waals surface area (Å²) in [5.41, 5.74) is -0.408. The molecule has 2 aromatic rings. The monoisotopic (exact) mass is 450 g/mol. The van der Waals surface area contributed by atoms with Crippen LogP contribution in [0.2, 0.25) is 5.02 Å². The topological polar surface area (TPSA) is 32.3 Å². The molecule has 1 aliphatic carbocycles. The quantitative estimate of drug-likeness (QED) is 0.584. The SMILES string of the molecule is O=C(NC(c1ccccc1)C1(N2CCCC2)CCCC1)c1cccc(C(F)(F)F)c1Cl. The summed E-state index contributed by atoms with van der Waals surface area (Å²) in [4.78, 5) is 15.7. The molecule has 1 atom stereocenters. The maximum absolute atomic E-state index is 13.3. The first-order valence-electron chi connectivity index (χ1n) is 10.8. The van der Waals surface area contributed by atoms with E-state index in [9.17, 15) is 18.0 Å². The third kappa shape index (κ3) is 4.33. The van der Waals surface area contributed by atoms with Crippen molar-refractivity contribution in [2.75, 3.05) is 13.1 Å². The molecule has 2 aliphatic rings. The van der Waals surface area contributed by atoms with Gasteiger partial charge in [-0.25, -0.2) is 0 Å². The van der Waals surface area contributed by atoms with E-state index in [1.807, 2.05) is 30.3 Å². The van der Waals surface area contributed by atoms with Crippen LogP contribution in [0.4, 0.5) is 13.2 Å². The summed E-state index contributed by atoms with van der Waals surface area (Å²) in [7, 11) is 0. The summed E-state index contributed by atoms with van der Waals surface area (Å²) in [6, 6.07) is 12.9. The third-order valence-electron chi connectivity index (χ3n) is 6.70. The van der Waals surface area contributed by atoms with Gasteiger partial charge in [0.2, 0.25) is 0 Å². The van der Waals surface area contributed by atoms with Gasteiger partial charge in [-0.15, -0.1) is 0 Å². The summed E-state index contributed by atoms with van der Waals surface area (Å²) >= 11 is 6.05. The van der Waals surface area contributed by atoms with Crippen molar-refractivity contribution in [1.82, 2.24) is 10.2 Å². The maximum atomic E-state index is 13.3. The number of nitrogens with zero attached hydrogens (tertiary/aromatic N) is 1. The van der Waals surface area contributed by atoms with Gasteiger partial charge in [-0.3, -0.25) is 9.69 Å². The number of alkyl halides is 3. The van der Waals surface area contributed by atoms with Gasteiger partial charge < -0.3 is 5.32 Å². The van der Waals surface area contributed by atoms with E-state index in [1.54, 1.807) is 0 Å². The Bertz CT molecular complexity index is 920. The van der Waals surface area contributed by atoms with Gasteiger partial charge in [0.05, 0.1) is 22.2 Å². The second-order valence-corrected chi connectivity index (χ2v) is 8.86.